The van der Waals surface area contributed by atoms with Gasteiger partial charge in [0.25, 0.3) is 0 Å². The van der Waals surface area contributed by atoms with Gasteiger partial charge in [-0.05, 0) is 26.2 Å². The highest BCUT2D eigenvalue weighted by Crippen LogP contribution is 2.29. The van der Waals surface area contributed by atoms with Gasteiger partial charge in [0.05, 0.1) is 6.07 Å². The van der Waals surface area contributed by atoms with E-state index < -0.39 is 11.9 Å². The summed E-state index contributed by atoms with van der Waals surface area (Å²) in [5, 5.41) is 11.2. The fourth-order valence-electron chi connectivity index (χ4n) is 1.29. The van der Waals surface area contributed by atoms with E-state index in [1.807, 2.05) is 6.07 Å². The lowest BCUT2D eigenvalue weighted by Crippen LogP contribution is -2.45. The molecule has 0 aromatic heterocycles. The van der Waals surface area contributed by atoms with Crippen LogP contribution in [0.15, 0.2) is 0 Å². The molecule has 82 valence electrons. The summed E-state index contributed by atoms with van der Waals surface area (Å²) < 4.78 is 0. The number of hydrogen-bond donors (Lipinski definition) is 2. The first-order valence-electron chi connectivity index (χ1n) is 5.04. The molecule has 1 saturated carbocycles. The molecule has 5 nitrogen and oxygen atoms in total. The maximum Gasteiger partial charge on any atom is 0.240 e. The monoisotopic (exact) mass is 209 g/mol. The van der Waals surface area contributed by atoms with E-state index in [1.54, 1.807) is 6.92 Å². The van der Waals surface area contributed by atoms with Crippen molar-refractivity contribution in [2.75, 3.05) is 0 Å². The Morgan fingerprint density at radius 2 is 2.20 bits per heavy atom. The van der Waals surface area contributed by atoms with Crippen LogP contribution in [0.3, 0.4) is 0 Å². The zero-order valence-corrected chi connectivity index (χ0v) is 8.69. The molecule has 0 spiro atoms. The molecule has 0 aliphatic heterocycles. The standard InChI is InChI=1S/C10H15N3O2/c1-6(5-11)4-8(9(12)14)13-10(15)7-2-3-7/h6-8H,2-4H2,1H3,(H2,12,14)(H,13,15)/t6-,8-/m0/s1. The lowest BCUT2D eigenvalue weighted by molar-refractivity contribution is -0.128. The summed E-state index contributed by atoms with van der Waals surface area (Å²) in [5.41, 5.74) is 5.15. The number of amides is 2. The van der Waals surface area contributed by atoms with Crippen LogP contribution in [0.2, 0.25) is 0 Å². The van der Waals surface area contributed by atoms with Crippen LogP contribution in [-0.4, -0.2) is 17.9 Å². The van der Waals surface area contributed by atoms with Crippen molar-refractivity contribution >= 4 is 11.8 Å². The molecule has 0 aromatic rings. The van der Waals surface area contributed by atoms with E-state index in [9.17, 15) is 9.59 Å². The largest absolute Gasteiger partial charge is 0.368 e. The minimum atomic E-state index is -0.715. The van der Waals surface area contributed by atoms with Crippen molar-refractivity contribution < 1.29 is 9.59 Å². The van der Waals surface area contributed by atoms with Gasteiger partial charge in [0.2, 0.25) is 11.8 Å². The van der Waals surface area contributed by atoms with E-state index in [2.05, 4.69) is 5.32 Å². The quantitative estimate of drug-likeness (QED) is 0.662. The maximum atomic E-state index is 11.4. The summed E-state index contributed by atoms with van der Waals surface area (Å²) >= 11 is 0. The number of carbonyl (C=O) groups excluding carboxylic acids is 2. The number of nitriles is 1. The molecule has 15 heavy (non-hydrogen) atoms. The molecule has 0 radical (unpaired) electrons. The molecule has 0 saturated heterocycles. The topological polar surface area (TPSA) is 96.0 Å². The van der Waals surface area contributed by atoms with Crippen LogP contribution in [0.5, 0.6) is 0 Å². The van der Waals surface area contributed by atoms with Crippen molar-refractivity contribution in [1.29, 1.82) is 5.26 Å². The number of carbonyl (C=O) groups is 2. The van der Waals surface area contributed by atoms with Gasteiger partial charge >= 0.3 is 0 Å². The molecule has 0 unspecified atom stereocenters. The Kier molecular flexibility index (Phi) is 3.67. The number of rotatable bonds is 5. The summed E-state index contributed by atoms with van der Waals surface area (Å²) in [6, 6.07) is 1.29. The number of primary amides is 1. The second-order valence-electron chi connectivity index (χ2n) is 4.00. The number of nitrogens with two attached hydrogens (primary N) is 1. The third kappa shape index (κ3) is 3.58. The Morgan fingerprint density at radius 1 is 1.60 bits per heavy atom. The first-order chi connectivity index (χ1) is 7.04. The summed E-state index contributed by atoms with van der Waals surface area (Å²) in [7, 11) is 0. The van der Waals surface area contributed by atoms with Crippen molar-refractivity contribution in [1.82, 2.24) is 5.32 Å². The average molecular weight is 209 g/mol. The minimum absolute atomic E-state index is 0.0456. The molecule has 0 bridgehead atoms. The summed E-state index contributed by atoms with van der Waals surface area (Å²) in [6.45, 7) is 1.69. The van der Waals surface area contributed by atoms with Crippen molar-refractivity contribution in [3.05, 3.63) is 0 Å². The second-order valence-corrected chi connectivity index (χ2v) is 4.00. The molecule has 1 rings (SSSR count). The van der Waals surface area contributed by atoms with Gasteiger partial charge in [-0.2, -0.15) is 5.26 Å². The molecule has 2 atom stereocenters. The van der Waals surface area contributed by atoms with Crippen LogP contribution < -0.4 is 11.1 Å². The average Bonchev–Trinajstić information content (AvgIpc) is 2.99. The fraction of sp³-hybridized carbons (Fsp3) is 0.700. The lowest BCUT2D eigenvalue weighted by Gasteiger charge is -2.16. The highest BCUT2D eigenvalue weighted by Gasteiger charge is 2.32. The van der Waals surface area contributed by atoms with Crippen LogP contribution in [-0.2, 0) is 9.59 Å². The number of nitrogens with zero attached hydrogens (tertiary/aromatic N) is 1. The molecule has 0 aromatic carbocycles. The summed E-state index contributed by atoms with van der Waals surface area (Å²) in [6.07, 6.45) is 2.04. The summed E-state index contributed by atoms with van der Waals surface area (Å²) in [4.78, 5) is 22.4. The molecule has 1 fully saturated rings. The molecule has 3 N–H and O–H groups in total. The van der Waals surface area contributed by atoms with Gasteiger partial charge in [-0.25, -0.2) is 0 Å². The van der Waals surface area contributed by atoms with Crippen molar-refractivity contribution in [2.45, 2.75) is 32.2 Å². The fourth-order valence-corrected chi connectivity index (χ4v) is 1.29. The van der Waals surface area contributed by atoms with E-state index in [0.29, 0.717) is 0 Å². The van der Waals surface area contributed by atoms with E-state index >= 15 is 0 Å². The van der Waals surface area contributed by atoms with Crippen molar-refractivity contribution in [3.63, 3.8) is 0 Å². The third-order valence-corrected chi connectivity index (χ3v) is 2.42. The molecular formula is C10H15N3O2. The van der Waals surface area contributed by atoms with Gasteiger partial charge in [-0.3, -0.25) is 9.59 Å². The van der Waals surface area contributed by atoms with Gasteiger partial charge in [-0.1, -0.05) is 0 Å². The Bertz CT molecular complexity index is 304. The SMILES string of the molecule is C[C@H](C#N)C[C@H](NC(=O)C1CC1)C(N)=O. The molecule has 5 heteroatoms. The van der Waals surface area contributed by atoms with Gasteiger partial charge in [0, 0.05) is 11.8 Å². The molecule has 1 aliphatic rings. The normalized spacial score (nSPS) is 18.7. The van der Waals surface area contributed by atoms with Crippen molar-refractivity contribution in [2.24, 2.45) is 17.6 Å². The van der Waals surface area contributed by atoms with E-state index in [4.69, 9.17) is 11.0 Å². The predicted octanol–water partition coefficient (Wildman–Crippen LogP) is -0.0837. The van der Waals surface area contributed by atoms with Crippen LogP contribution in [0, 0.1) is 23.2 Å². The van der Waals surface area contributed by atoms with Crippen LogP contribution >= 0.6 is 0 Å². The van der Waals surface area contributed by atoms with Gasteiger partial charge in [-0.15, -0.1) is 0 Å². The smallest absolute Gasteiger partial charge is 0.240 e. The highest BCUT2D eigenvalue weighted by molar-refractivity contribution is 5.88. The number of hydrogen-bond acceptors (Lipinski definition) is 3. The molecule has 0 heterocycles. The van der Waals surface area contributed by atoms with Crippen LogP contribution in [0.4, 0.5) is 0 Å². The van der Waals surface area contributed by atoms with Gasteiger partial charge in [0.15, 0.2) is 0 Å². The Morgan fingerprint density at radius 3 is 2.60 bits per heavy atom. The predicted molar refractivity (Wildman–Crippen MR) is 53.2 cm³/mol. The maximum absolute atomic E-state index is 11.4. The zero-order valence-electron chi connectivity index (χ0n) is 8.69. The second kappa shape index (κ2) is 4.78. The third-order valence-electron chi connectivity index (χ3n) is 2.42. The molecule has 1 aliphatic carbocycles. The summed E-state index contributed by atoms with van der Waals surface area (Å²) in [5.74, 6) is -0.943. The van der Waals surface area contributed by atoms with Crippen LogP contribution in [0.1, 0.15) is 26.2 Å². The number of nitrogens with one attached hydrogen (secondary N) is 1. The Balaban J connectivity index is 2.46. The first-order valence-corrected chi connectivity index (χ1v) is 5.04. The van der Waals surface area contributed by atoms with E-state index in [0.717, 1.165) is 12.8 Å². The Labute approximate surface area is 88.6 Å². The minimum Gasteiger partial charge on any atom is -0.368 e. The Hall–Kier alpha value is -1.57. The first kappa shape index (κ1) is 11.5. The molecule has 2 amide bonds. The van der Waals surface area contributed by atoms with Gasteiger partial charge < -0.3 is 11.1 Å². The van der Waals surface area contributed by atoms with Crippen molar-refractivity contribution in [3.8, 4) is 6.07 Å². The van der Waals surface area contributed by atoms with Gasteiger partial charge in [0.1, 0.15) is 6.04 Å². The lowest BCUT2D eigenvalue weighted by atomic mass is 10.0. The molecular weight excluding hydrogens is 194 g/mol. The van der Waals surface area contributed by atoms with Crippen LogP contribution in [0.25, 0.3) is 0 Å². The highest BCUT2D eigenvalue weighted by atomic mass is 16.2. The zero-order chi connectivity index (χ0) is 11.4. The van der Waals surface area contributed by atoms with E-state index in [1.165, 1.54) is 0 Å². The van der Waals surface area contributed by atoms with E-state index in [-0.39, 0.29) is 24.2 Å².